The van der Waals surface area contributed by atoms with Crippen LogP contribution in [0.25, 0.3) is 16.6 Å². The molecule has 2 unspecified atom stereocenters. The summed E-state index contributed by atoms with van der Waals surface area (Å²) in [5.74, 6) is -0.630. The molecule has 1 aliphatic heterocycles. The molecule has 0 bridgehead atoms. The minimum atomic E-state index is -1.55. The largest absolute Gasteiger partial charge is 0.376 e. The Bertz CT molecular complexity index is 1030. The standard InChI is InChI=1S/C19H20FN5O2/c1-11-5-12(3-4-22-11)13-6-15-17(24-16-9-27-10-19(16,2)20)14(18(21)26)7-23-25(15)8-13/h3-8,16,24H,9-10H2,1-2H3,(H2,21,26). The average Bonchev–Trinajstić information content (AvgIpc) is 3.18. The van der Waals surface area contributed by atoms with E-state index in [1.165, 1.54) is 13.1 Å². The van der Waals surface area contributed by atoms with E-state index >= 15 is 0 Å². The summed E-state index contributed by atoms with van der Waals surface area (Å²) < 4.78 is 21.6. The molecule has 1 amide bonds. The van der Waals surface area contributed by atoms with Gasteiger partial charge in [0.1, 0.15) is 0 Å². The third-order valence-corrected chi connectivity index (χ3v) is 4.85. The number of aromatic nitrogens is 3. The van der Waals surface area contributed by atoms with E-state index in [-0.39, 0.29) is 18.8 Å². The highest BCUT2D eigenvalue weighted by Crippen LogP contribution is 2.32. The normalized spacial score (nSPS) is 22.3. The van der Waals surface area contributed by atoms with Crippen molar-refractivity contribution in [3.8, 4) is 11.1 Å². The van der Waals surface area contributed by atoms with Crippen LogP contribution in [0.15, 0.2) is 36.8 Å². The molecule has 7 nitrogen and oxygen atoms in total. The summed E-state index contributed by atoms with van der Waals surface area (Å²) in [6, 6.07) is 5.15. The molecule has 0 spiro atoms. The molecule has 1 saturated heterocycles. The summed E-state index contributed by atoms with van der Waals surface area (Å²) in [6.45, 7) is 3.60. The number of amides is 1. The van der Waals surface area contributed by atoms with Crippen molar-refractivity contribution in [2.45, 2.75) is 25.6 Å². The number of alkyl halides is 1. The second-order valence-corrected chi connectivity index (χ2v) is 7.03. The monoisotopic (exact) mass is 369 g/mol. The van der Waals surface area contributed by atoms with E-state index in [0.717, 1.165) is 16.8 Å². The van der Waals surface area contributed by atoms with Crippen LogP contribution in [0.5, 0.6) is 0 Å². The van der Waals surface area contributed by atoms with E-state index in [2.05, 4.69) is 15.4 Å². The number of nitrogens with two attached hydrogens (primary N) is 1. The Morgan fingerprint density at radius 2 is 2.26 bits per heavy atom. The third kappa shape index (κ3) is 3.12. The summed E-state index contributed by atoms with van der Waals surface area (Å²) in [6.07, 6.45) is 4.98. The molecule has 8 heteroatoms. The molecule has 1 fully saturated rings. The maximum absolute atomic E-state index is 14.7. The lowest BCUT2D eigenvalue weighted by atomic mass is 10.0. The van der Waals surface area contributed by atoms with Gasteiger partial charge in [-0.15, -0.1) is 0 Å². The minimum absolute atomic E-state index is 0.000491. The van der Waals surface area contributed by atoms with Crippen LogP contribution in [0.2, 0.25) is 0 Å². The lowest BCUT2D eigenvalue weighted by molar-refractivity contribution is 0.1000. The summed E-state index contributed by atoms with van der Waals surface area (Å²) >= 11 is 0. The van der Waals surface area contributed by atoms with Crippen LogP contribution in [0.4, 0.5) is 10.1 Å². The predicted molar refractivity (Wildman–Crippen MR) is 99.4 cm³/mol. The quantitative estimate of drug-likeness (QED) is 0.736. The molecule has 0 radical (unpaired) electrons. The number of hydrogen-bond acceptors (Lipinski definition) is 5. The van der Waals surface area contributed by atoms with Crippen molar-refractivity contribution in [2.24, 2.45) is 5.73 Å². The highest BCUT2D eigenvalue weighted by atomic mass is 19.1. The van der Waals surface area contributed by atoms with Gasteiger partial charge >= 0.3 is 0 Å². The number of pyridine rings is 1. The molecule has 3 aromatic rings. The molecule has 4 heterocycles. The molecular formula is C19H20FN5O2. The van der Waals surface area contributed by atoms with Gasteiger partial charge < -0.3 is 15.8 Å². The second kappa shape index (κ2) is 6.31. The molecule has 1 aliphatic rings. The van der Waals surface area contributed by atoms with Gasteiger partial charge in [-0.25, -0.2) is 8.91 Å². The first-order chi connectivity index (χ1) is 12.8. The molecule has 0 saturated carbocycles. The van der Waals surface area contributed by atoms with E-state index in [9.17, 15) is 9.18 Å². The maximum atomic E-state index is 14.7. The Kier molecular flexibility index (Phi) is 4.07. The number of primary amides is 1. The van der Waals surface area contributed by atoms with Crippen molar-refractivity contribution in [3.63, 3.8) is 0 Å². The van der Waals surface area contributed by atoms with Gasteiger partial charge in [-0.3, -0.25) is 9.78 Å². The Morgan fingerprint density at radius 1 is 1.44 bits per heavy atom. The smallest absolute Gasteiger partial charge is 0.252 e. The van der Waals surface area contributed by atoms with Gasteiger partial charge in [0.05, 0.1) is 42.2 Å². The van der Waals surface area contributed by atoms with Gasteiger partial charge in [0.15, 0.2) is 5.67 Å². The number of rotatable bonds is 4. The van der Waals surface area contributed by atoms with Crippen LogP contribution < -0.4 is 11.1 Å². The first-order valence-corrected chi connectivity index (χ1v) is 8.62. The van der Waals surface area contributed by atoms with Crippen molar-refractivity contribution >= 4 is 17.1 Å². The fraction of sp³-hybridized carbons (Fsp3) is 0.316. The number of halogens is 1. The van der Waals surface area contributed by atoms with Crippen molar-refractivity contribution in [2.75, 3.05) is 18.5 Å². The number of hydrogen-bond donors (Lipinski definition) is 2. The minimum Gasteiger partial charge on any atom is -0.376 e. The van der Waals surface area contributed by atoms with Crippen LogP contribution in [0.3, 0.4) is 0 Å². The SMILES string of the molecule is Cc1cc(-c2cc3c(NC4COCC4(C)F)c(C(N)=O)cnn3c2)ccn1. The van der Waals surface area contributed by atoms with Gasteiger partial charge in [-0.05, 0) is 37.6 Å². The number of aryl methyl sites for hydroxylation is 1. The van der Waals surface area contributed by atoms with Gasteiger partial charge in [-0.1, -0.05) is 0 Å². The molecular weight excluding hydrogens is 349 g/mol. The number of nitrogens with zero attached hydrogens (tertiary/aromatic N) is 3. The Hall–Kier alpha value is -3.00. The van der Waals surface area contributed by atoms with Crippen molar-refractivity contribution < 1.29 is 13.9 Å². The second-order valence-electron chi connectivity index (χ2n) is 7.03. The molecule has 4 rings (SSSR count). The zero-order valence-electron chi connectivity index (χ0n) is 15.1. The van der Waals surface area contributed by atoms with E-state index in [1.807, 2.05) is 31.3 Å². The van der Waals surface area contributed by atoms with E-state index in [0.29, 0.717) is 11.2 Å². The van der Waals surface area contributed by atoms with Crippen molar-refractivity contribution in [1.29, 1.82) is 0 Å². The van der Waals surface area contributed by atoms with Crippen LogP contribution in [-0.4, -0.2) is 45.4 Å². The highest BCUT2D eigenvalue weighted by molar-refractivity contribution is 6.02. The van der Waals surface area contributed by atoms with E-state index in [1.54, 1.807) is 10.7 Å². The number of fused-ring (bicyclic) bond motifs is 1. The zero-order chi connectivity index (χ0) is 19.2. The van der Waals surface area contributed by atoms with Gasteiger partial charge in [0.2, 0.25) is 0 Å². The van der Waals surface area contributed by atoms with Crippen LogP contribution in [0.1, 0.15) is 23.0 Å². The molecule has 0 aliphatic carbocycles. The Morgan fingerprint density at radius 3 is 2.93 bits per heavy atom. The number of anilines is 1. The highest BCUT2D eigenvalue weighted by Gasteiger charge is 2.41. The lowest BCUT2D eigenvalue weighted by Gasteiger charge is -2.24. The third-order valence-electron chi connectivity index (χ3n) is 4.85. The molecule has 3 aromatic heterocycles. The summed E-state index contributed by atoms with van der Waals surface area (Å²) in [4.78, 5) is 16.1. The fourth-order valence-electron chi connectivity index (χ4n) is 3.30. The number of nitrogens with one attached hydrogen (secondary N) is 1. The first-order valence-electron chi connectivity index (χ1n) is 8.62. The van der Waals surface area contributed by atoms with Crippen molar-refractivity contribution in [3.05, 3.63) is 48.0 Å². The van der Waals surface area contributed by atoms with Gasteiger partial charge in [-0.2, -0.15) is 5.10 Å². The topological polar surface area (TPSA) is 94.5 Å². The van der Waals surface area contributed by atoms with Gasteiger partial charge in [0.25, 0.3) is 5.91 Å². The zero-order valence-corrected chi connectivity index (χ0v) is 15.1. The van der Waals surface area contributed by atoms with E-state index in [4.69, 9.17) is 10.5 Å². The molecule has 140 valence electrons. The predicted octanol–water partition coefficient (Wildman–Crippen LogP) is 2.34. The maximum Gasteiger partial charge on any atom is 0.252 e. The Labute approximate surface area is 155 Å². The lowest BCUT2D eigenvalue weighted by Crippen LogP contribution is -2.40. The number of ether oxygens (including phenoxy) is 1. The molecule has 27 heavy (non-hydrogen) atoms. The van der Waals surface area contributed by atoms with Crippen molar-refractivity contribution in [1.82, 2.24) is 14.6 Å². The molecule has 0 aromatic carbocycles. The summed E-state index contributed by atoms with van der Waals surface area (Å²) in [5.41, 5.74) is 8.04. The van der Waals surface area contributed by atoms with E-state index < -0.39 is 17.6 Å². The fourth-order valence-corrected chi connectivity index (χ4v) is 3.30. The molecule has 3 N–H and O–H groups in total. The molecule has 2 atom stereocenters. The average molecular weight is 369 g/mol. The van der Waals surface area contributed by atoms with Crippen LogP contribution in [-0.2, 0) is 4.74 Å². The number of carbonyl (C=O) groups excluding carboxylic acids is 1. The summed E-state index contributed by atoms with van der Waals surface area (Å²) in [5, 5.41) is 7.40. The summed E-state index contributed by atoms with van der Waals surface area (Å²) in [7, 11) is 0. The van der Waals surface area contributed by atoms with Crippen LogP contribution in [0, 0.1) is 6.92 Å². The van der Waals surface area contributed by atoms with Crippen LogP contribution >= 0.6 is 0 Å². The first kappa shape index (κ1) is 17.4. The van der Waals surface area contributed by atoms with Gasteiger partial charge in [0, 0.05) is 23.7 Å². The number of carbonyl (C=O) groups is 1. The Balaban J connectivity index is 1.84.